The molecular weight excluding hydrogens is 697 g/mol. The number of hydrogen-bond acceptors (Lipinski definition) is 10. The number of hydrogen-bond donors (Lipinski definition) is 1. The zero-order valence-electron chi connectivity index (χ0n) is 29.1. The molecule has 3 aromatic rings. The van der Waals surface area contributed by atoms with Gasteiger partial charge in [-0.15, -0.1) is 11.3 Å². The number of piperidine rings is 2. The molecule has 3 saturated heterocycles. The van der Waals surface area contributed by atoms with Gasteiger partial charge >= 0.3 is 12.2 Å². The average molecular weight is 740 g/mol. The number of thiazole rings is 1. The maximum Gasteiger partial charge on any atom is 0.412 e. The fourth-order valence-corrected chi connectivity index (χ4v) is 8.18. The average Bonchev–Trinajstić information content (AvgIpc) is 3.52. The molecule has 0 unspecified atom stereocenters. The van der Waals surface area contributed by atoms with E-state index >= 15 is 4.39 Å². The van der Waals surface area contributed by atoms with Crippen molar-refractivity contribution in [3.8, 4) is 21.8 Å². The monoisotopic (exact) mass is 739 g/mol. The Labute approximate surface area is 306 Å². The molecule has 12 nitrogen and oxygen atoms in total. The minimum absolute atomic E-state index is 0.0117. The van der Waals surface area contributed by atoms with Crippen molar-refractivity contribution in [3.63, 3.8) is 0 Å². The fourth-order valence-electron chi connectivity index (χ4n) is 6.81. The lowest BCUT2D eigenvalue weighted by Crippen LogP contribution is -2.62. The zero-order chi connectivity index (χ0) is 36.3. The van der Waals surface area contributed by atoms with Gasteiger partial charge in [-0.3, -0.25) is 15.0 Å². The molecule has 15 heteroatoms. The second-order valence-electron chi connectivity index (χ2n) is 14.4. The van der Waals surface area contributed by atoms with Crippen LogP contribution in [0.25, 0.3) is 21.8 Å². The Morgan fingerprint density at radius 2 is 1.82 bits per heavy atom. The van der Waals surface area contributed by atoms with E-state index < -0.39 is 17.5 Å². The van der Waals surface area contributed by atoms with Crippen molar-refractivity contribution < 1.29 is 28.2 Å². The van der Waals surface area contributed by atoms with Gasteiger partial charge in [-0.1, -0.05) is 18.7 Å². The Morgan fingerprint density at radius 1 is 1.10 bits per heavy atom. The second kappa shape index (κ2) is 15.2. The van der Waals surface area contributed by atoms with Crippen molar-refractivity contribution in [1.82, 2.24) is 29.7 Å². The number of benzene rings is 1. The number of amides is 3. The van der Waals surface area contributed by atoms with E-state index in [1.807, 2.05) is 25.7 Å². The lowest BCUT2D eigenvalue weighted by atomic mass is 9.72. The first kappa shape index (κ1) is 36.6. The van der Waals surface area contributed by atoms with Crippen LogP contribution in [-0.2, 0) is 14.3 Å². The molecule has 0 saturated carbocycles. The van der Waals surface area contributed by atoms with Crippen molar-refractivity contribution >= 4 is 46.7 Å². The molecule has 1 aromatic carbocycles. The zero-order valence-corrected chi connectivity index (χ0v) is 30.7. The van der Waals surface area contributed by atoms with Gasteiger partial charge in [-0.05, 0) is 89.3 Å². The summed E-state index contributed by atoms with van der Waals surface area (Å²) in [5.74, 6) is -0.487. The van der Waals surface area contributed by atoms with Crippen molar-refractivity contribution in [2.24, 2.45) is 5.41 Å². The van der Waals surface area contributed by atoms with E-state index in [1.165, 1.54) is 29.7 Å². The van der Waals surface area contributed by atoms with E-state index in [0.717, 1.165) is 30.9 Å². The molecular formula is C36H43ClFN7O5S. The van der Waals surface area contributed by atoms with Gasteiger partial charge in [0.15, 0.2) is 5.82 Å². The largest absolute Gasteiger partial charge is 0.445 e. The molecule has 0 atom stereocenters. The number of aromatic nitrogens is 3. The Balaban J connectivity index is 1.08. The number of likely N-dealkylation sites (tertiary alicyclic amines) is 3. The molecule has 0 radical (unpaired) electrons. The number of carbonyl (C=O) groups excluding carboxylic acids is 3. The summed E-state index contributed by atoms with van der Waals surface area (Å²) in [6, 6.07) is 6.39. The summed E-state index contributed by atoms with van der Waals surface area (Å²) in [5, 5.41) is 3.31. The summed E-state index contributed by atoms with van der Waals surface area (Å²) in [6.07, 6.45) is 5.23. The van der Waals surface area contributed by atoms with Gasteiger partial charge in [0, 0.05) is 49.3 Å². The van der Waals surface area contributed by atoms with Gasteiger partial charge in [0.05, 0.1) is 33.5 Å². The summed E-state index contributed by atoms with van der Waals surface area (Å²) in [5.41, 5.74) is 0.647. The summed E-state index contributed by atoms with van der Waals surface area (Å²) in [7, 11) is 0. The highest BCUT2D eigenvalue weighted by atomic mass is 35.5. The summed E-state index contributed by atoms with van der Waals surface area (Å²) >= 11 is 7.56. The van der Waals surface area contributed by atoms with E-state index in [-0.39, 0.29) is 46.5 Å². The van der Waals surface area contributed by atoms with Gasteiger partial charge in [-0.2, -0.15) is 0 Å². The Hall–Kier alpha value is -4.14. The first-order valence-corrected chi connectivity index (χ1v) is 18.3. The summed E-state index contributed by atoms with van der Waals surface area (Å²) in [4.78, 5) is 57.8. The number of ether oxygens (including phenoxy) is 2. The smallest absolute Gasteiger partial charge is 0.412 e. The molecule has 6 rings (SSSR count). The molecule has 0 bridgehead atoms. The normalized spacial score (nSPS) is 17.9. The number of nitrogens with zero attached hydrogens (tertiary/aromatic N) is 6. The topological polar surface area (TPSA) is 130 Å². The molecule has 3 amide bonds. The minimum Gasteiger partial charge on any atom is -0.445 e. The molecule has 1 N–H and O–H groups in total. The molecule has 1 spiro atoms. The van der Waals surface area contributed by atoms with Gasteiger partial charge in [0.2, 0.25) is 11.2 Å². The lowest BCUT2D eigenvalue weighted by Gasteiger charge is -2.53. The van der Waals surface area contributed by atoms with Crippen LogP contribution in [0.4, 0.5) is 19.7 Å². The third-order valence-electron chi connectivity index (χ3n) is 9.50. The van der Waals surface area contributed by atoms with Crippen LogP contribution in [0.5, 0.6) is 0 Å². The van der Waals surface area contributed by atoms with Crippen LogP contribution in [0.3, 0.4) is 0 Å². The number of anilines is 1. The van der Waals surface area contributed by atoms with Crippen molar-refractivity contribution in [2.45, 2.75) is 58.0 Å². The highest BCUT2D eigenvalue weighted by Gasteiger charge is 2.48. The van der Waals surface area contributed by atoms with Crippen molar-refractivity contribution in [1.29, 1.82) is 0 Å². The van der Waals surface area contributed by atoms with Crippen LogP contribution in [0.15, 0.2) is 43.1 Å². The van der Waals surface area contributed by atoms with Crippen molar-refractivity contribution in [3.05, 3.63) is 59.2 Å². The SMILES string of the molecule is C=CCOC(=O)Nc1cccc(-c2nc(C3CCN(C(=O)CN4CCC5(CC4)CN(C(=O)OC(C)(C)C)C5)CC3)sc2-c2ccnc(Cl)n2)c1F. The van der Waals surface area contributed by atoms with E-state index in [2.05, 4.69) is 26.8 Å². The summed E-state index contributed by atoms with van der Waals surface area (Å²) < 4.78 is 26.4. The van der Waals surface area contributed by atoms with Gasteiger partial charge in [0.1, 0.15) is 12.2 Å². The fraction of sp³-hybridized carbons (Fsp3) is 0.500. The number of halogens is 2. The highest BCUT2D eigenvalue weighted by molar-refractivity contribution is 7.15. The Kier molecular flexibility index (Phi) is 10.9. The second-order valence-corrected chi connectivity index (χ2v) is 15.8. The van der Waals surface area contributed by atoms with Crippen LogP contribution in [-0.4, -0.2) is 106 Å². The van der Waals surface area contributed by atoms with E-state index in [9.17, 15) is 14.4 Å². The molecule has 5 heterocycles. The van der Waals surface area contributed by atoms with Crippen LogP contribution in [0.2, 0.25) is 5.28 Å². The van der Waals surface area contributed by atoms with Crippen LogP contribution < -0.4 is 5.32 Å². The van der Waals surface area contributed by atoms with Gasteiger partial charge in [0.25, 0.3) is 0 Å². The molecule has 3 aliphatic heterocycles. The maximum absolute atomic E-state index is 15.9. The quantitative estimate of drug-likeness (QED) is 0.195. The van der Waals surface area contributed by atoms with Gasteiger partial charge < -0.3 is 19.3 Å². The molecule has 51 heavy (non-hydrogen) atoms. The van der Waals surface area contributed by atoms with E-state index in [0.29, 0.717) is 61.8 Å². The Morgan fingerprint density at radius 3 is 2.49 bits per heavy atom. The van der Waals surface area contributed by atoms with Gasteiger partial charge in [-0.25, -0.2) is 28.9 Å². The Bertz CT molecular complexity index is 1780. The molecule has 2 aromatic heterocycles. The molecule has 272 valence electrons. The highest BCUT2D eigenvalue weighted by Crippen LogP contribution is 2.43. The predicted molar refractivity (Wildman–Crippen MR) is 193 cm³/mol. The number of rotatable bonds is 8. The first-order valence-electron chi connectivity index (χ1n) is 17.1. The van der Waals surface area contributed by atoms with E-state index in [4.69, 9.17) is 26.1 Å². The van der Waals surface area contributed by atoms with E-state index in [1.54, 1.807) is 23.1 Å². The molecule has 0 aliphatic carbocycles. The summed E-state index contributed by atoms with van der Waals surface area (Å²) in [6.45, 7) is 13.8. The predicted octanol–water partition coefficient (Wildman–Crippen LogP) is 6.83. The molecule has 3 fully saturated rings. The number of nitrogens with one attached hydrogen (secondary N) is 1. The minimum atomic E-state index is -0.803. The third kappa shape index (κ3) is 8.67. The van der Waals surface area contributed by atoms with Crippen LogP contribution in [0.1, 0.15) is 57.4 Å². The lowest BCUT2D eigenvalue weighted by molar-refractivity contribution is -0.134. The molecule has 3 aliphatic rings. The standard InChI is InChI=1S/C36H43ClFN7O5S/c1-5-19-49-33(47)41-25-8-6-7-24(28(25)38)29-30(26-9-14-39-32(37)40-26)51-31(42-29)23-10-15-44(16-11-23)27(46)20-43-17-12-36(13-18-43)21-45(22-36)34(48)50-35(2,3)4/h5-9,14,23H,1,10-13,15-22H2,2-4H3,(H,41,47). The number of carbonyl (C=O) groups is 3. The van der Waals surface area contributed by atoms with Crippen LogP contribution in [0, 0.1) is 11.2 Å². The van der Waals surface area contributed by atoms with Crippen molar-refractivity contribution in [2.75, 3.05) is 57.7 Å². The van der Waals surface area contributed by atoms with Crippen LogP contribution >= 0.6 is 22.9 Å². The third-order valence-corrected chi connectivity index (χ3v) is 10.9. The first-order chi connectivity index (χ1) is 24.3. The maximum atomic E-state index is 15.9.